The maximum atomic E-state index is 12.4. The Hall–Kier alpha value is -2.24. The van der Waals surface area contributed by atoms with Crippen LogP contribution in [0.25, 0.3) is 16.9 Å². The number of carbonyl (C=O) groups excluding carboxylic acids is 1. The Bertz CT molecular complexity index is 936. The minimum atomic E-state index is 0.180. The predicted octanol–water partition coefficient (Wildman–Crippen LogP) is 4.91. The highest BCUT2D eigenvalue weighted by atomic mass is 35.5. The van der Waals surface area contributed by atoms with E-state index in [1.807, 2.05) is 53.6 Å². The highest BCUT2D eigenvalue weighted by Gasteiger charge is 2.20. The van der Waals surface area contributed by atoms with Crippen LogP contribution in [0.1, 0.15) is 12.8 Å². The van der Waals surface area contributed by atoms with Crippen LogP contribution in [-0.2, 0) is 4.79 Å². The number of amides is 1. The first-order chi connectivity index (χ1) is 13.2. The van der Waals surface area contributed by atoms with Crippen molar-refractivity contribution >= 4 is 29.3 Å². The second-order valence-corrected chi connectivity index (χ2v) is 7.86. The van der Waals surface area contributed by atoms with Gasteiger partial charge in [-0.25, -0.2) is 4.98 Å². The molecule has 0 radical (unpaired) electrons. The van der Waals surface area contributed by atoms with E-state index in [9.17, 15) is 4.79 Å². The normalized spacial score (nSPS) is 13.9. The van der Waals surface area contributed by atoms with Crippen molar-refractivity contribution < 1.29 is 4.79 Å². The molecule has 0 bridgehead atoms. The summed E-state index contributed by atoms with van der Waals surface area (Å²) < 4.78 is 2.07. The van der Waals surface area contributed by atoms with E-state index in [2.05, 4.69) is 21.7 Å². The van der Waals surface area contributed by atoms with Gasteiger partial charge in [-0.3, -0.25) is 9.36 Å². The first-order valence-electron chi connectivity index (χ1n) is 9.02. The molecule has 1 amide bonds. The van der Waals surface area contributed by atoms with E-state index < -0.39 is 0 Å². The number of halogens is 1. The molecule has 1 aromatic heterocycles. The van der Waals surface area contributed by atoms with Gasteiger partial charge in [0.2, 0.25) is 5.91 Å². The first kappa shape index (κ1) is 18.1. The van der Waals surface area contributed by atoms with Crippen LogP contribution >= 0.6 is 23.4 Å². The highest BCUT2D eigenvalue weighted by Crippen LogP contribution is 2.31. The number of carbonyl (C=O) groups is 1. The molecule has 0 spiro atoms. The number of aromatic nitrogens is 2. The molecule has 0 N–H and O–H groups in total. The molecule has 1 aliphatic heterocycles. The van der Waals surface area contributed by atoms with E-state index >= 15 is 0 Å². The second-order valence-electron chi connectivity index (χ2n) is 6.48. The Labute approximate surface area is 168 Å². The van der Waals surface area contributed by atoms with Crippen LogP contribution < -0.4 is 0 Å². The van der Waals surface area contributed by atoms with Crippen molar-refractivity contribution in [3.63, 3.8) is 0 Å². The SMILES string of the molecule is O=C(CSc1ncc(-c2ccccc2)n1-c1cccc(Cl)c1)N1CCCC1. The predicted molar refractivity (Wildman–Crippen MR) is 111 cm³/mol. The number of likely N-dealkylation sites (tertiary alicyclic amines) is 1. The van der Waals surface area contributed by atoms with Gasteiger partial charge >= 0.3 is 0 Å². The average Bonchev–Trinajstić information content (AvgIpc) is 3.37. The number of imidazole rings is 1. The summed E-state index contributed by atoms with van der Waals surface area (Å²) in [5, 5.41) is 1.47. The van der Waals surface area contributed by atoms with Crippen molar-refractivity contribution in [1.29, 1.82) is 0 Å². The van der Waals surface area contributed by atoms with Crippen molar-refractivity contribution in [2.24, 2.45) is 0 Å². The summed E-state index contributed by atoms with van der Waals surface area (Å²) in [5.41, 5.74) is 2.99. The van der Waals surface area contributed by atoms with Crippen LogP contribution in [-0.4, -0.2) is 39.2 Å². The van der Waals surface area contributed by atoms with Gasteiger partial charge in [0.25, 0.3) is 0 Å². The number of nitrogens with zero attached hydrogens (tertiary/aromatic N) is 3. The monoisotopic (exact) mass is 397 g/mol. The summed E-state index contributed by atoms with van der Waals surface area (Å²) in [4.78, 5) is 19.0. The van der Waals surface area contributed by atoms with Gasteiger partial charge in [0.05, 0.1) is 17.6 Å². The van der Waals surface area contributed by atoms with E-state index in [0.29, 0.717) is 10.8 Å². The van der Waals surface area contributed by atoms with Crippen LogP contribution in [0.3, 0.4) is 0 Å². The number of hydrogen-bond donors (Lipinski definition) is 0. The van der Waals surface area contributed by atoms with Crippen LogP contribution in [0.5, 0.6) is 0 Å². The van der Waals surface area contributed by atoms with Gasteiger partial charge in [-0.15, -0.1) is 0 Å². The molecule has 1 saturated heterocycles. The zero-order valence-corrected chi connectivity index (χ0v) is 16.4. The molecule has 2 aromatic carbocycles. The molecule has 27 heavy (non-hydrogen) atoms. The van der Waals surface area contributed by atoms with E-state index in [-0.39, 0.29) is 5.91 Å². The zero-order valence-electron chi connectivity index (χ0n) is 14.8. The molecule has 1 fully saturated rings. The summed E-state index contributed by atoms with van der Waals surface area (Å²) in [6.07, 6.45) is 4.07. The van der Waals surface area contributed by atoms with Gasteiger partial charge in [0.15, 0.2) is 5.16 Å². The maximum Gasteiger partial charge on any atom is 0.233 e. The molecule has 0 saturated carbocycles. The van der Waals surface area contributed by atoms with Crippen molar-refractivity contribution in [2.45, 2.75) is 18.0 Å². The van der Waals surface area contributed by atoms with E-state index in [4.69, 9.17) is 11.6 Å². The van der Waals surface area contributed by atoms with Crippen molar-refractivity contribution in [1.82, 2.24) is 14.5 Å². The minimum Gasteiger partial charge on any atom is -0.342 e. The molecule has 2 heterocycles. The summed E-state index contributed by atoms with van der Waals surface area (Å²) in [5.74, 6) is 0.575. The number of rotatable bonds is 5. The van der Waals surface area contributed by atoms with Gasteiger partial charge in [-0.2, -0.15) is 0 Å². The lowest BCUT2D eigenvalue weighted by molar-refractivity contribution is -0.127. The van der Waals surface area contributed by atoms with Crippen molar-refractivity contribution in [3.8, 4) is 16.9 Å². The largest absolute Gasteiger partial charge is 0.342 e. The van der Waals surface area contributed by atoms with Gasteiger partial charge in [-0.1, -0.05) is 59.8 Å². The fourth-order valence-corrected chi connectivity index (χ4v) is 4.38. The van der Waals surface area contributed by atoms with Gasteiger partial charge < -0.3 is 4.90 Å². The number of benzene rings is 2. The highest BCUT2D eigenvalue weighted by molar-refractivity contribution is 7.99. The van der Waals surface area contributed by atoms with Crippen molar-refractivity contribution in [3.05, 3.63) is 65.8 Å². The lowest BCUT2D eigenvalue weighted by Crippen LogP contribution is -2.29. The fraction of sp³-hybridized carbons (Fsp3) is 0.238. The Balaban J connectivity index is 1.67. The molecular formula is C21H20ClN3OS. The minimum absolute atomic E-state index is 0.180. The van der Waals surface area contributed by atoms with E-state index in [1.165, 1.54) is 11.8 Å². The summed E-state index contributed by atoms with van der Waals surface area (Å²) in [6.45, 7) is 1.74. The van der Waals surface area contributed by atoms with Gasteiger partial charge in [0, 0.05) is 29.4 Å². The molecule has 0 aliphatic carbocycles. The molecule has 1 aliphatic rings. The quantitative estimate of drug-likeness (QED) is 0.574. The first-order valence-corrected chi connectivity index (χ1v) is 10.4. The number of hydrogen-bond acceptors (Lipinski definition) is 3. The lowest BCUT2D eigenvalue weighted by atomic mass is 10.1. The summed E-state index contributed by atoms with van der Waals surface area (Å²) in [7, 11) is 0. The Morgan fingerprint density at radius 1 is 1.07 bits per heavy atom. The number of thioether (sulfide) groups is 1. The van der Waals surface area contributed by atoms with Crippen molar-refractivity contribution in [2.75, 3.05) is 18.8 Å². The molecule has 4 nitrogen and oxygen atoms in total. The smallest absolute Gasteiger partial charge is 0.233 e. The second kappa shape index (κ2) is 8.19. The van der Waals surface area contributed by atoms with Gasteiger partial charge in [-0.05, 0) is 31.0 Å². The third kappa shape index (κ3) is 4.04. The van der Waals surface area contributed by atoms with E-state index in [1.54, 1.807) is 0 Å². The molecule has 3 aromatic rings. The average molecular weight is 398 g/mol. The summed E-state index contributed by atoms with van der Waals surface area (Å²) in [6, 6.07) is 17.8. The summed E-state index contributed by atoms with van der Waals surface area (Å²) >= 11 is 7.70. The van der Waals surface area contributed by atoms with Crippen LogP contribution in [0.2, 0.25) is 5.02 Å². The van der Waals surface area contributed by atoms with Gasteiger partial charge in [0.1, 0.15) is 0 Å². The van der Waals surface area contributed by atoms with Crippen LogP contribution in [0.15, 0.2) is 66.0 Å². The third-order valence-electron chi connectivity index (χ3n) is 4.65. The molecule has 138 valence electrons. The molecule has 0 atom stereocenters. The molecule has 6 heteroatoms. The topological polar surface area (TPSA) is 38.1 Å². The maximum absolute atomic E-state index is 12.4. The standard InChI is InChI=1S/C21H20ClN3OS/c22-17-9-6-10-18(13-17)25-19(16-7-2-1-3-8-16)14-23-21(25)27-15-20(26)24-11-4-5-12-24/h1-3,6-10,13-14H,4-5,11-12,15H2. The fourth-order valence-electron chi connectivity index (χ4n) is 3.30. The van der Waals surface area contributed by atoms with Crippen LogP contribution in [0.4, 0.5) is 0 Å². The molecular weight excluding hydrogens is 378 g/mol. The van der Waals surface area contributed by atoms with E-state index in [0.717, 1.165) is 48.0 Å². The zero-order chi connectivity index (χ0) is 18.6. The molecule has 4 rings (SSSR count). The molecule has 0 unspecified atom stereocenters. The Morgan fingerprint density at radius 3 is 2.59 bits per heavy atom. The third-order valence-corrected chi connectivity index (χ3v) is 5.82. The lowest BCUT2D eigenvalue weighted by Gasteiger charge is -2.16. The Morgan fingerprint density at radius 2 is 1.85 bits per heavy atom. The van der Waals surface area contributed by atoms with Crippen LogP contribution in [0, 0.1) is 0 Å². The Kier molecular flexibility index (Phi) is 5.50.